The van der Waals surface area contributed by atoms with E-state index < -0.39 is 41.1 Å². The number of likely N-dealkylation sites (tertiary alicyclic amines) is 1. The Labute approximate surface area is 232 Å². The van der Waals surface area contributed by atoms with Gasteiger partial charge in [-0.1, -0.05) is 26.8 Å². The van der Waals surface area contributed by atoms with Gasteiger partial charge in [0.25, 0.3) is 0 Å². The summed E-state index contributed by atoms with van der Waals surface area (Å²) in [6.45, 7) is 16.0. The van der Waals surface area contributed by atoms with E-state index >= 15 is 0 Å². The summed E-state index contributed by atoms with van der Waals surface area (Å²) in [5.74, 6) is -2.33. The van der Waals surface area contributed by atoms with Crippen LogP contribution in [0.4, 0.5) is 0 Å². The molecule has 4 aliphatic rings. The molecule has 0 aliphatic carbocycles. The van der Waals surface area contributed by atoms with Gasteiger partial charge in [-0.05, 0) is 38.5 Å². The molecule has 2 amide bonds. The fraction of sp³-hybridized carbons (Fsp3) is 0.828. The van der Waals surface area contributed by atoms with Crippen LogP contribution in [-0.2, 0) is 28.6 Å². The van der Waals surface area contributed by atoms with Crippen molar-refractivity contribution in [3.63, 3.8) is 0 Å². The maximum atomic E-state index is 14.6. The van der Waals surface area contributed by atoms with Crippen LogP contribution >= 0.6 is 0 Å². The van der Waals surface area contributed by atoms with Crippen molar-refractivity contribution in [2.75, 3.05) is 59.2 Å². The van der Waals surface area contributed by atoms with Gasteiger partial charge in [-0.15, -0.1) is 6.58 Å². The van der Waals surface area contributed by atoms with Crippen LogP contribution in [0.25, 0.3) is 0 Å². The largest absolute Gasteiger partial charge is 0.466 e. The Bertz CT molecular complexity index is 923. The second-order valence-corrected chi connectivity index (χ2v) is 11.8. The van der Waals surface area contributed by atoms with Gasteiger partial charge in [0.1, 0.15) is 17.6 Å². The Balaban J connectivity index is 1.73. The Kier molecular flexibility index (Phi) is 9.41. The SMILES string of the molecule is C=CCN(CCN1CCOCC1)C(=O)C1N([C@@H](CO)CC(C)C)C(=O)[C@@H]2[C@@H](C(=O)OCC)[C@@]3(CC)CCC12O3. The van der Waals surface area contributed by atoms with Crippen LogP contribution in [0.2, 0.25) is 0 Å². The molecule has 0 radical (unpaired) electrons. The van der Waals surface area contributed by atoms with Gasteiger partial charge in [-0.2, -0.15) is 0 Å². The van der Waals surface area contributed by atoms with Gasteiger partial charge < -0.3 is 29.1 Å². The normalized spacial score (nSPS) is 32.9. The molecule has 4 heterocycles. The molecule has 4 fully saturated rings. The van der Waals surface area contributed by atoms with Gasteiger partial charge in [0.2, 0.25) is 11.8 Å². The number of rotatable bonds is 13. The molecule has 0 aromatic heterocycles. The van der Waals surface area contributed by atoms with E-state index in [4.69, 9.17) is 14.2 Å². The number of amides is 2. The predicted octanol–water partition coefficient (Wildman–Crippen LogP) is 1.46. The van der Waals surface area contributed by atoms with Crippen LogP contribution in [0, 0.1) is 17.8 Å². The molecule has 4 aliphatic heterocycles. The summed E-state index contributed by atoms with van der Waals surface area (Å²) in [7, 11) is 0. The van der Waals surface area contributed by atoms with Crippen molar-refractivity contribution in [2.24, 2.45) is 17.8 Å². The number of fused-ring (bicyclic) bond motifs is 1. The van der Waals surface area contributed by atoms with Crippen molar-refractivity contribution in [2.45, 2.75) is 76.7 Å². The Morgan fingerprint density at radius 3 is 2.56 bits per heavy atom. The minimum atomic E-state index is -1.13. The second kappa shape index (κ2) is 12.2. The van der Waals surface area contributed by atoms with Gasteiger partial charge in [-0.25, -0.2) is 0 Å². The van der Waals surface area contributed by atoms with Gasteiger partial charge in [0.15, 0.2) is 0 Å². The Hall–Kier alpha value is -2.01. The smallest absolute Gasteiger partial charge is 0.312 e. The average Bonchev–Trinajstić information content (AvgIpc) is 3.53. The summed E-state index contributed by atoms with van der Waals surface area (Å²) in [5.41, 5.74) is -1.97. The van der Waals surface area contributed by atoms with E-state index in [2.05, 4.69) is 11.5 Å². The third-order valence-electron chi connectivity index (χ3n) is 9.19. The lowest BCUT2D eigenvalue weighted by Gasteiger charge is -2.40. The van der Waals surface area contributed by atoms with Gasteiger partial charge in [0, 0.05) is 32.7 Å². The van der Waals surface area contributed by atoms with Crippen molar-refractivity contribution < 1.29 is 33.7 Å². The summed E-state index contributed by atoms with van der Waals surface area (Å²) in [5, 5.41) is 10.5. The van der Waals surface area contributed by atoms with Crippen LogP contribution in [0.5, 0.6) is 0 Å². The standard InChI is InChI=1S/C29H47N3O7/c1-6-11-31(13-12-30-14-16-37-17-15-30)26(35)24-29-10-9-28(7-2,39-29)23(27(36)38-8-3)22(29)25(34)32(24)21(19-33)18-20(4)5/h6,20-24,33H,1,7-19H2,2-5H3/t21-,22+,23+,24?,28-,29?/m1/s1. The first-order valence-electron chi connectivity index (χ1n) is 14.7. The number of hydrogen-bond acceptors (Lipinski definition) is 8. The minimum Gasteiger partial charge on any atom is -0.466 e. The van der Waals surface area contributed by atoms with Crippen molar-refractivity contribution in [3.8, 4) is 0 Å². The lowest BCUT2D eigenvalue weighted by atomic mass is 9.65. The fourth-order valence-corrected chi connectivity index (χ4v) is 7.45. The van der Waals surface area contributed by atoms with E-state index in [9.17, 15) is 19.5 Å². The third-order valence-corrected chi connectivity index (χ3v) is 9.19. The summed E-state index contributed by atoms with van der Waals surface area (Å²) in [6, 6.07) is -1.48. The molecular weight excluding hydrogens is 502 g/mol. The highest BCUT2D eigenvalue weighted by molar-refractivity contribution is 5.98. The minimum absolute atomic E-state index is 0.189. The monoisotopic (exact) mass is 549 g/mol. The van der Waals surface area contributed by atoms with Crippen LogP contribution in [0.3, 0.4) is 0 Å². The van der Waals surface area contributed by atoms with Crippen LogP contribution in [-0.4, -0.2) is 120 Å². The molecule has 39 heavy (non-hydrogen) atoms. The van der Waals surface area contributed by atoms with Gasteiger partial charge in [-0.3, -0.25) is 19.3 Å². The molecule has 220 valence electrons. The highest BCUT2D eigenvalue weighted by Crippen LogP contribution is 2.65. The number of esters is 1. The molecule has 1 spiro atoms. The zero-order chi connectivity index (χ0) is 28.4. The molecule has 2 bridgehead atoms. The molecule has 0 saturated carbocycles. The van der Waals surface area contributed by atoms with Crippen molar-refractivity contribution >= 4 is 17.8 Å². The highest BCUT2D eigenvalue weighted by Gasteiger charge is 2.79. The van der Waals surface area contributed by atoms with Crippen molar-refractivity contribution in [1.82, 2.24) is 14.7 Å². The molecule has 10 heteroatoms. The van der Waals surface area contributed by atoms with Gasteiger partial charge >= 0.3 is 5.97 Å². The number of hydrogen-bond donors (Lipinski definition) is 1. The lowest BCUT2D eigenvalue weighted by molar-refractivity contribution is -0.163. The number of aliphatic hydroxyl groups excluding tert-OH is 1. The van der Waals surface area contributed by atoms with Crippen molar-refractivity contribution in [1.29, 1.82) is 0 Å². The molecule has 0 aromatic carbocycles. The molecule has 4 rings (SSSR count). The van der Waals surface area contributed by atoms with Crippen LogP contribution in [0.15, 0.2) is 12.7 Å². The highest BCUT2D eigenvalue weighted by atomic mass is 16.6. The maximum absolute atomic E-state index is 14.6. The number of ether oxygens (including phenoxy) is 3. The zero-order valence-electron chi connectivity index (χ0n) is 24.1. The van der Waals surface area contributed by atoms with E-state index in [1.54, 1.807) is 22.8 Å². The molecular formula is C29H47N3O7. The number of morpholine rings is 1. The summed E-state index contributed by atoms with van der Waals surface area (Å²) >= 11 is 0. The third kappa shape index (κ3) is 5.25. The number of nitrogens with zero attached hydrogens (tertiary/aromatic N) is 3. The van der Waals surface area contributed by atoms with Crippen LogP contribution < -0.4 is 0 Å². The topological polar surface area (TPSA) is 109 Å². The number of carbonyl (C=O) groups is 3. The zero-order valence-corrected chi connectivity index (χ0v) is 24.1. The van der Waals surface area contributed by atoms with E-state index in [1.807, 2.05) is 20.8 Å². The summed E-state index contributed by atoms with van der Waals surface area (Å²) in [4.78, 5) is 47.8. The second-order valence-electron chi connectivity index (χ2n) is 11.8. The molecule has 1 N–H and O–H groups in total. The molecule has 10 nitrogen and oxygen atoms in total. The first-order chi connectivity index (χ1) is 18.7. The Morgan fingerprint density at radius 1 is 1.26 bits per heavy atom. The van der Waals surface area contributed by atoms with E-state index in [-0.39, 0.29) is 30.9 Å². The lowest BCUT2D eigenvalue weighted by Crippen LogP contribution is -2.59. The van der Waals surface area contributed by atoms with E-state index in [0.29, 0.717) is 58.5 Å². The fourth-order valence-electron chi connectivity index (χ4n) is 7.45. The predicted molar refractivity (Wildman–Crippen MR) is 145 cm³/mol. The Morgan fingerprint density at radius 2 is 1.97 bits per heavy atom. The first kappa shape index (κ1) is 30.0. The van der Waals surface area contributed by atoms with E-state index in [0.717, 1.165) is 13.1 Å². The molecule has 6 atom stereocenters. The van der Waals surface area contributed by atoms with Crippen molar-refractivity contribution in [3.05, 3.63) is 12.7 Å². The molecule has 0 aromatic rings. The van der Waals surface area contributed by atoms with Crippen LogP contribution in [0.1, 0.15) is 53.4 Å². The quantitative estimate of drug-likeness (QED) is 0.272. The maximum Gasteiger partial charge on any atom is 0.312 e. The molecule has 4 saturated heterocycles. The summed E-state index contributed by atoms with van der Waals surface area (Å²) < 4.78 is 17.7. The number of aliphatic hydroxyl groups is 1. The first-order valence-corrected chi connectivity index (χ1v) is 14.7. The number of carbonyl (C=O) groups excluding carboxylic acids is 3. The van der Waals surface area contributed by atoms with E-state index in [1.165, 1.54) is 0 Å². The molecule has 2 unspecified atom stereocenters. The van der Waals surface area contributed by atoms with Gasteiger partial charge in [0.05, 0.1) is 44.0 Å². The average molecular weight is 550 g/mol. The summed E-state index contributed by atoms with van der Waals surface area (Å²) in [6.07, 6.45) is 3.87.